The Hall–Kier alpha value is -2.53. The highest BCUT2D eigenvalue weighted by Gasteiger charge is 2.03. The molecule has 0 radical (unpaired) electrons. The second kappa shape index (κ2) is 11.3. The zero-order valence-corrected chi connectivity index (χ0v) is 17.5. The van der Waals surface area contributed by atoms with Crippen molar-refractivity contribution < 1.29 is 9.53 Å². The zero-order chi connectivity index (χ0) is 20.4. The van der Waals surface area contributed by atoms with Gasteiger partial charge < -0.3 is 9.64 Å². The van der Waals surface area contributed by atoms with Gasteiger partial charge in [0.25, 0.3) is 0 Å². The van der Waals surface area contributed by atoms with E-state index in [4.69, 9.17) is 16.3 Å². The van der Waals surface area contributed by atoms with E-state index in [1.54, 1.807) is 12.3 Å². The van der Waals surface area contributed by atoms with Gasteiger partial charge in [-0.15, -0.1) is 0 Å². The summed E-state index contributed by atoms with van der Waals surface area (Å²) >= 11 is 5.92. The fraction of sp³-hybridized carbons (Fsp3) is 0.364. The van der Waals surface area contributed by atoms with Crippen molar-refractivity contribution in [1.29, 1.82) is 0 Å². The van der Waals surface area contributed by atoms with E-state index in [1.807, 2.05) is 31.2 Å². The topological polar surface area (TPSA) is 53.9 Å². The summed E-state index contributed by atoms with van der Waals surface area (Å²) in [5.74, 6) is 0.656. The summed E-state index contributed by atoms with van der Waals surface area (Å²) in [5.41, 5.74) is 5.66. The third kappa shape index (κ3) is 6.89. The van der Waals surface area contributed by atoms with Crippen LogP contribution in [0.5, 0.6) is 5.75 Å². The molecule has 0 aromatic heterocycles. The molecule has 1 N–H and O–H groups in total. The number of halogens is 1. The van der Waals surface area contributed by atoms with Crippen LogP contribution >= 0.6 is 11.6 Å². The average molecular weight is 402 g/mol. The van der Waals surface area contributed by atoms with E-state index in [-0.39, 0.29) is 5.91 Å². The number of hydrogen-bond donors (Lipinski definition) is 1. The monoisotopic (exact) mass is 401 g/mol. The first kappa shape index (κ1) is 21.8. The largest absolute Gasteiger partial charge is 0.493 e. The number of anilines is 1. The maximum atomic E-state index is 11.9. The molecule has 2 aromatic rings. The fourth-order valence-corrected chi connectivity index (χ4v) is 3.01. The molecule has 150 valence electrons. The van der Waals surface area contributed by atoms with E-state index < -0.39 is 0 Å². The van der Waals surface area contributed by atoms with Gasteiger partial charge in [0.15, 0.2) is 0 Å². The van der Waals surface area contributed by atoms with Crippen LogP contribution in [-0.2, 0) is 4.79 Å². The molecule has 0 bridgehead atoms. The van der Waals surface area contributed by atoms with Gasteiger partial charge >= 0.3 is 0 Å². The fourth-order valence-electron chi connectivity index (χ4n) is 2.78. The van der Waals surface area contributed by atoms with Crippen molar-refractivity contribution >= 4 is 29.4 Å². The van der Waals surface area contributed by atoms with E-state index in [1.165, 1.54) is 5.69 Å². The SMILES string of the molecule is CCN(CC)c1ccc(/C=N/NC(=O)CCCOc2ccc(Cl)cc2C)cc1. The zero-order valence-electron chi connectivity index (χ0n) is 16.7. The molecule has 2 rings (SSSR count). The summed E-state index contributed by atoms with van der Waals surface area (Å²) in [6.45, 7) is 8.62. The molecule has 0 aliphatic heterocycles. The van der Waals surface area contributed by atoms with E-state index in [0.29, 0.717) is 24.5 Å². The van der Waals surface area contributed by atoms with Crippen LogP contribution in [0.25, 0.3) is 0 Å². The van der Waals surface area contributed by atoms with Gasteiger partial charge in [-0.05, 0) is 68.7 Å². The summed E-state index contributed by atoms with van der Waals surface area (Å²) in [7, 11) is 0. The Bertz CT molecular complexity index is 787. The van der Waals surface area contributed by atoms with E-state index >= 15 is 0 Å². The Balaban J connectivity index is 1.70. The van der Waals surface area contributed by atoms with Crippen molar-refractivity contribution in [1.82, 2.24) is 5.43 Å². The number of amides is 1. The van der Waals surface area contributed by atoms with Gasteiger partial charge in [0.1, 0.15) is 5.75 Å². The Morgan fingerprint density at radius 1 is 1.18 bits per heavy atom. The normalized spacial score (nSPS) is 10.9. The first-order valence-electron chi connectivity index (χ1n) is 9.59. The molecule has 0 heterocycles. The van der Waals surface area contributed by atoms with Crippen LogP contribution in [-0.4, -0.2) is 31.8 Å². The van der Waals surface area contributed by atoms with Gasteiger partial charge in [0.05, 0.1) is 12.8 Å². The van der Waals surface area contributed by atoms with Gasteiger partial charge in [0, 0.05) is 30.2 Å². The summed E-state index contributed by atoms with van der Waals surface area (Å²) in [4.78, 5) is 14.1. The number of ether oxygens (including phenoxy) is 1. The molecule has 0 saturated carbocycles. The van der Waals surface area contributed by atoms with Gasteiger partial charge in [-0.1, -0.05) is 23.7 Å². The number of carbonyl (C=O) groups is 1. The minimum atomic E-state index is -0.132. The summed E-state index contributed by atoms with van der Waals surface area (Å²) < 4.78 is 5.68. The number of nitrogens with one attached hydrogen (secondary N) is 1. The second-order valence-corrected chi connectivity index (χ2v) is 6.86. The van der Waals surface area contributed by atoms with Crippen LogP contribution in [0, 0.1) is 6.92 Å². The highest BCUT2D eigenvalue weighted by atomic mass is 35.5. The van der Waals surface area contributed by atoms with Crippen LogP contribution in [0.15, 0.2) is 47.6 Å². The van der Waals surface area contributed by atoms with Crippen LogP contribution in [0.3, 0.4) is 0 Å². The highest BCUT2D eigenvalue weighted by Crippen LogP contribution is 2.21. The predicted molar refractivity (Wildman–Crippen MR) is 117 cm³/mol. The lowest BCUT2D eigenvalue weighted by Gasteiger charge is -2.20. The van der Waals surface area contributed by atoms with Crippen molar-refractivity contribution in [2.24, 2.45) is 5.10 Å². The lowest BCUT2D eigenvalue weighted by Crippen LogP contribution is -2.21. The van der Waals surface area contributed by atoms with Gasteiger partial charge in [-0.25, -0.2) is 5.43 Å². The first-order valence-corrected chi connectivity index (χ1v) is 9.97. The minimum Gasteiger partial charge on any atom is -0.493 e. The lowest BCUT2D eigenvalue weighted by atomic mass is 10.2. The molecule has 0 aliphatic carbocycles. The van der Waals surface area contributed by atoms with E-state index in [0.717, 1.165) is 30.0 Å². The smallest absolute Gasteiger partial charge is 0.240 e. The molecule has 1 amide bonds. The number of hydrogen-bond acceptors (Lipinski definition) is 4. The highest BCUT2D eigenvalue weighted by molar-refractivity contribution is 6.30. The van der Waals surface area contributed by atoms with Crippen LogP contribution < -0.4 is 15.1 Å². The molecule has 2 aromatic carbocycles. The van der Waals surface area contributed by atoms with Gasteiger partial charge in [-0.3, -0.25) is 4.79 Å². The lowest BCUT2D eigenvalue weighted by molar-refractivity contribution is -0.121. The molecule has 0 spiro atoms. The predicted octanol–water partition coefficient (Wildman–Crippen LogP) is 4.80. The molecule has 0 saturated heterocycles. The molecular weight excluding hydrogens is 374 g/mol. The maximum Gasteiger partial charge on any atom is 0.240 e. The third-order valence-corrected chi connectivity index (χ3v) is 4.60. The maximum absolute atomic E-state index is 11.9. The molecule has 0 fully saturated rings. The Morgan fingerprint density at radius 2 is 1.89 bits per heavy atom. The van der Waals surface area contributed by atoms with E-state index in [9.17, 15) is 4.79 Å². The Kier molecular flexibility index (Phi) is 8.82. The van der Waals surface area contributed by atoms with Crippen molar-refractivity contribution in [2.45, 2.75) is 33.6 Å². The Labute approximate surface area is 172 Å². The minimum absolute atomic E-state index is 0.132. The molecule has 0 atom stereocenters. The number of aryl methyl sites for hydroxylation is 1. The molecule has 0 aliphatic rings. The molecule has 28 heavy (non-hydrogen) atoms. The van der Waals surface area contributed by atoms with Gasteiger partial charge in [-0.2, -0.15) is 5.10 Å². The number of rotatable bonds is 10. The third-order valence-electron chi connectivity index (χ3n) is 4.37. The Morgan fingerprint density at radius 3 is 2.54 bits per heavy atom. The molecule has 0 unspecified atom stereocenters. The summed E-state index contributed by atoms with van der Waals surface area (Å²) in [5, 5.41) is 4.71. The first-order chi connectivity index (χ1) is 13.5. The summed E-state index contributed by atoms with van der Waals surface area (Å²) in [6.07, 6.45) is 2.62. The molecule has 6 heteroatoms. The van der Waals surface area contributed by atoms with Crippen LogP contribution in [0.2, 0.25) is 5.02 Å². The standard InChI is InChI=1S/C22H28ClN3O2/c1-4-26(5-2)20-11-8-18(9-12-20)16-24-25-22(27)7-6-14-28-21-13-10-19(23)15-17(21)3/h8-13,15-16H,4-7,14H2,1-3H3,(H,25,27)/b24-16+. The van der Waals surface area contributed by atoms with Crippen molar-refractivity contribution in [2.75, 3.05) is 24.6 Å². The molecule has 5 nitrogen and oxygen atoms in total. The van der Waals surface area contributed by atoms with Crippen molar-refractivity contribution in [3.05, 3.63) is 58.6 Å². The number of hydrazone groups is 1. The second-order valence-electron chi connectivity index (χ2n) is 6.42. The van der Waals surface area contributed by atoms with Crippen LogP contribution in [0.1, 0.15) is 37.8 Å². The molecular formula is C22H28ClN3O2. The van der Waals surface area contributed by atoms with Crippen molar-refractivity contribution in [3.63, 3.8) is 0 Å². The average Bonchev–Trinajstić information content (AvgIpc) is 2.69. The number of nitrogens with zero attached hydrogens (tertiary/aromatic N) is 2. The number of benzene rings is 2. The number of carbonyl (C=O) groups excluding carboxylic acids is 1. The van der Waals surface area contributed by atoms with Crippen molar-refractivity contribution in [3.8, 4) is 5.75 Å². The van der Waals surface area contributed by atoms with Crippen LogP contribution in [0.4, 0.5) is 5.69 Å². The van der Waals surface area contributed by atoms with Gasteiger partial charge in [0.2, 0.25) is 5.91 Å². The quantitative estimate of drug-likeness (QED) is 0.353. The van der Waals surface area contributed by atoms with E-state index in [2.05, 4.69) is 41.4 Å². The summed E-state index contributed by atoms with van der Waals surface area (Å²) in [6, 6.07) is 13.6.